The van der Waals surface area contributed by atoms with Crippen molar-refractivity contribution in [3.05, 3.63) is 48.0 Å². The largest absolute Gasteiger partial charge is 0.447 e. The summed E-state index contributed by atoms with van der Waals surface area (Å²) in [5, 5.41) is 0. The molecule has 1 atom stereocenters. The third kappa shape index (κ3) is 6.54. The molecule has 1 saturated heterocycles. The van der Waals surface area contributed by atoms with Crippen molar-refractivity contribution in [2.45, 2.75) is 46.3 Å². The van der Waals surface area contributed by atoms with Gasteiger partial charge in [0, 0.05) is 6.42 Å². The molecule has 1 aromatic rings. The number of amides is 2. The van der Waals surface area contributed by atoms with E-state index in [-0.39, 0.29) is 18.6 Å². The average Bonchev–Trinajstić information content (AvgIpc) is 2.95. The van der Waals surface area contributed by atoms with Crippen LogP contribution in [0.4, 0.5) is 4.79 Å². The lowest BCUT2D eigenvalue weighted by molar-refractivity contribution is -0.128. The van der Waals surface area contributed by atoms with Gasteiger partial charge < -0.3 is 9.47 Å². The minimum Gasteiger partial charge on any atom is -0.447 e. The van der Waals surface area contributed by atoms with Crippen LogP contribution in [0, 0.1) is 0 Å². The Bertz CT molecular complexity index is 527. The van der Waals surface area contributed by atoms with Crippen LogP contribution in [0.15, 0.2) is 42.5 Å². The SMILES string of the molecule is CC.CC1COC(=O)N1C(=O)CC/C=C/COCc1ccccc1. The van der Waals surface area contributed by atoms with E-state index in [1.807, 2.05) is 56.3 Å². The maximum Gasteiger partial charge on any atom is 0.416 e. The number of nitrogens with zero attached hydrogens (tertiary/aromatic N) is 1. The van der Waals surface area contributed by atoms with Gasteiger partial charge in [-0.05, 0) is 18.9 Å². The summed E-state index contributed by atoms with van der Waals surface area (Å²) in [6.45, 7) is 7.16. The van der Waals surface area contributed by atoms with Gasteiger partial charge in [0.25, 0.3) is 0 Å². The highest BCUT2D eigenvalue weighted by Gasteiger charge is 2.34. The number of cyclic esters (lactones) is 1. The first-order chi connectivity index (χ1) is 11.7. The van der Waals surface area contributed by atoms with Crippen LogP contribution in [-0.4, -0.2) is 36.2 Å². The Morgan fingerprint density at radius 1 is 1.29 bits per heavy atom. The van der Waals surface area contributed by atoms with Gasteiger partial charge in [-0.3, -0.25) is 4.79 Å². The lowest BCUT2D eigenvalue weighted by Crippen LogP contribution is -2.36. The van der Waals surface area contributed by atoms with Crippen LogP contribution in [0.2, 0.25) is 0 Å². The predicted octanol–water partition coefficient (Wildman–Crippen LogP) is 3.93. The molecule has 1 fully saturated rings. The molecule has 2 amide bonds. The summed E-state index contributed by atoms with van der Waals surface area (Å²) >= 11 is 0. The topological polar surface area (TPSA) is 55.8 Å². The van der Waals surface area contributed by atoms with Crippen molar-refractivity contribution in [3.63, 3.8) is 0 Å². The molecular formula is C19H27NO4. The van der Waals surface area contributed by atoms with Crippen molar-refractivity contribution < 1.29 is 19.1 Å². The number of benzene rings is 1. The zero-order chi connectivity index (χ0) is 17.8. The zero-order valence-corrected chi connectivity index (χ0v) is 14.7. The molecule has 1 aliphatic heterocycles. The average molecular weight is 333 g/mol. The molecule has 1 aliphatic rings. The van der Waals surface area contributed by atoms with E-state index in [0.29, 0.717) is 26.1 Å². The van der Waals surface area contributed by atoms with Crippen LogP contribution in [0.1, 0.15) is 39.2 Å². The monoisotopic (exact) mass is 333 g/mol. The van der Waals surface area contributed by atoms with E-state index in [1.165, 1.54) is 4.90 Å². The molecule has 1 unspecified atom stereocenters. The van der Waals surface area contributed by atoms with Crippen molar-refractivity contribution in [3.8, 4) is 0 Å². The second-order valence-electron chi connectivity index (χ2n) is 5.20. The summed E-state index contributed by atoms with van der Waals surface area (Å²) in [6, 6.07) is 9.78. The van der Waals surface area contributed by atoms with Gasteiger partial charge >= 0.3 is 6.09 Å². The number of hydrogen-bond donors (Lipinski definition) is 0. The van der Waals surface area contributed by atoms with Crippen LogP contribution in [0.5, 0.6) is 0 Å². The van der Waals surface area contributed by atoms with E-state index in [4.69, 9.17) is 9.47 Å². The number of ether oxygens (including phenoxy) is 2. The van der Waals surface area contributed by atoms with Gasteiger partial charge in [-0.1, -0.05) is 56.3 Å². The third-order valence-corrected chi connectivity index (χ3v) is 3.37. The summed E-state index contributed by atoms with van der Waals surface area (Å²) < 4.78 is 10.3. The smallest absolute Gasteiger partial charge is 0.416 e. The molecule has 1 heterocycles. The van der Waals surface area contributed by atoms with Crippen molar-refractivity contribution >= 4 is 12.0 Å². The van der Waals surface area contributed by atoms with Gasteiger partial charge in [0.15, 0.2) is 0 Å². The second kappa shape index (κ2) is 11.4. The Hall–Kier alpha value is -2.14. The molecule has 132 valence electrons. The summed E-state index contributed by atoms with van der Waals surface area (Å²) in [4.78, 5) is 24.5. The molecule has 24 heavy (non-hydrogen) atoms. The van der Waals surface area contributed by atoms with Gasteiger partial charge in [0.2, 0.25) is 5.91 Å². The molecule has 0 aromatic heterocycles. The van der Waals surface area contributed by atoms with Crippen LogP contribution < -0.4 is 0 Å². The number of carbonyl (C=O) groups excluding carboxylic acids is 2. The quantitative estimate of drug-likeness (QED) is 0.560. The second-order valence-corrected chi connectivity index (χ2v) is 5.20. The first kappa shape index (κ1) is 19.9. The molecule has 0 bridgehead atoms. The van der Waals surface area contributed by atoms with Crippen molar-refractivity contribution in [1.29, 1.82) is 0 Å². The summed E-state index contributed by atoms with van der Waals surface area (Å²) in [6.07, 6.45) is 4.14. The fraction of sp³-hybridized carbons (Fsp3) is 0.474. The van der Waals surface area contributed by atoms with E-state index < -0.39 is 6.09 Å². The van der Waals surface area contributed by atoms with Gasteiger partial charge in [0.05, 0.1) is 19.3 Å². The van der Waals surface area contributed by atoms with Crippen molar-refractivity contribution in [2.24, 2.45) is 0 Å². The van der Waals surface area contributed by atoms with Crippen molar-refractivity contribution in [2.75, 3.05) is 13.2 Å². The van der Waals surface area contributed by atoms with Gasteiger partial charge in [-0.25, -0.2) is 9.69 Å². The fourth-order valence-electron chi connectivity index (χ4n) is 2.20. The maximum atomic E-state index is 11.9. The van der Waals surface area contributed by atoms with Crippen LogP contribution in [-0.2, 0) is 20.9 Å². The Balaban J connectivity index is 0.00000139. The number of carbonyl (C=O) groups is 2. The molecular weight excluding hydrogens is 306 g/mol. The Morgan fingerprint density at radius 3 is 2.62 bits per heavy atom. The molecule has 0 saturated carbocycles. The molecule has 5 nitrogen and oxygen atoms in total. The standard InChI is InChI=1S/C17H21NO4.C2H6/c1-14-12-22-17(20)18(14)16(19)10-6-3-7-11-21-13-15-8-4-2-5-9-15;1-2/h2-5,7-9,14H,6,10-13H2,1H3;1-2H3/b7-3+;. The number of rotatable bonds is 7. The molecule has 1 aromatic carbocycles. The Morgan fingerprint density at radius 2 is 2.00 bits per heavy atom. The Kier molecular flexibility index (Phi) is 9.46. The Labute approximate surface area is 144 Å². The fourth-order valence-corrected chi connectivity index (χ4v) is 2.20. The normalized spacial score (nSPS) is 16.7. The minimum atomic E-state index is -0.535. The van der Waals surface area contributed by atoms with E-state index >= 15 is 0 Å². The zero-order valence-electron chi connectivity index (χ0n) is 14.7. The van der Waals surface area contributed by atoms with Crippen LogP contribution in [0.3, 0.4) is 0 Å². The number of hydrogen-bond acceptors (Lipinski definition) is 4. The van der Waals surface area contributed by atoms with E-state index in [2.05, 4.69) is 0 Å². The minimum absolute atomic E-state index is 0.168. The van der Waals surface area contributed by atoms with E-state index in [0.717, 1.165) is 5.56 Å². The highest BCUT2D eigenvalue weighted by Crippen LogP contribution is 2.14. The van der Waals surface area contributed by atoms with E-state index in [9.17, 15) is 9.59 Å². The third-order valence-electron chi connectivity index (χ3n) is 3.37. The molecule has 5 heteroatoms. The highest BCUT2D eigenvalue weighted by molar-refractivity contribution is 5.93. The molecule has 0 aliphatic carbocycles. The predicted molar refractivity (Wildman–Crippen MR) is 93.5 cm³/mol. The lowest BCUT2D eigenvalue weighted by Gasteiger charge is -2.14. The molecule has 0 N–H and O–H groups in total. The first-order valence-electron chi connectivity index (χ1n) is 8.44. The number of imide groups is 1. The molecule has 0 radical (unpaired) electrons. The van der Waals surface area contributed by atoms with Crippen LogP contribution in [0.25, 0.3) is 0 Å². The van der Waals surface area contributed by atoms with Crippen LogP contribution >= 0.6 is 0 Å². The lowest BCUT2D eigenvalue weighted by atomic mass is 10.2. The van der Waals surface area contributed by atoms with E-state index in [1.54, 1.807) is 6.92 Å². The number of allylic oxidation sites excluding steroid dienone is 1. The highest BCUT2D eigenvalue weighted by atomic mass is 16.6. The van der Waals surface area contributed by atoms with Gasteiger partial charge in [-0.2, -0.15) is 0 Å². The summed E-state index contributed by atoms with van der Waals surface area (Å²) in [5.41, 5.74) is 1.13. The first-order valence-corrected chi connectivity index (χ1v) is 8.44. The summed E-state index contributed by atoms with van der Waals surface area (Å²) in [5.74, 6) is -0.190. The maximum absolute atomic E-state index is 11.9. The van der Waals surface area contributed by atoms with Gasteiger partial charge in [-0.15, -0.1) is 0 Å². The van der Waals surface area contributed by atoms with Crippen molar-refractivity contribution in [1.82, 2.24) is 4.90 Å². The molecule has 0 spiro atoms. The summed E-state index contributed by atoms with van der Waals surface area (Å²) in [7, 11) is 0. The van der Waals surface area contributed by atoms with Gasteiger partial charge in [0.1, 0.15) is 6.61 Å². The molecule has 2 rings (SSSR count).